The van der Waals surface area contributed by atoms with Gasteiger partial charge in [0.25, 0.3) is 0 Å². The van der Waals surface area contributed by atoms with Crippen LogP contribution in [0.3, 0.4) is 0 Å². The summed E-state index contributed by atoms with van der Waals surface area (Å²) in [5, 5.41) is 3.38. The molecule has 2 rings (SSSR count). The van der Waals surface area contributed by atoms with Crippen LogP contribution in [-0.2, 0) is 0 Å². The van der Waals surface area contributed by atoms with Crippen LogP contribution in [0.2, 0.25) is 0 Å². The first kappa shape index (κ1) is 9.40. The largest absolute Gasteiger partial charge is 0.367 e. The van der Waals surface area contributed by atoms with Crippen LogP contribution in [0, 0.1) is 6.92 Å². The Labute approximate surface area is 83.9 Å². The van der Waals surface area contributed by atoms with Gasteiger partial charge in [-0.2, -0.15) is 0 Å². The maximum atomic E-state index is 5.84. The van der Waals surface area contributed by atoms with E-state index in [-0.39, 0.29) is 0 Å². The van der Waals surface area contributed by atoms with Gasteiger partial charge in [0, 0.05) is 23.8 Å². The minimum Gasteiger partial charge on any atom is -0.367 e. The molecule has 0 amide bonds. The highest BCUT2D eigenvalue weighted by atomic mass is 15.0. The summed E-state index contributed by atoms with van der Waals surface area (Å²) >= 11 is 0. The Balaban J connectivity index is 1.97. The third-order valence-electron chi connectivity index (χ3n) is 2.63. The molecule has 1 aliphatic carbocycles. The summed E-state index contributed by atoms with van der Waals surface area (Å²) in [6.07, 6.45) is 4.89. The van der Waals surface area contributed by atoms with Crippen molar-refractivity contribution in [3.63, 3.8) is 0 Å². The van der Waals surface area contributed by atoms with E-state index < -0.39 is 0 Å². The predicted octanol–water partition coefficient (Wildman–Crippen LogP) is 1.08. The Bertz CT molecular complexity index is 313. The highest BCUT2D eigenvalue weighted by Crippen LogP contribution is 2.20. The van der Waals surface area contributed by atoms with Crippen LogP contribution in [0.1, 0.15) is 25.0 Å². The van der Waals surface area contributed by atoms with E-state index in [9.17, 15) is 0 Å². The SMILES string of the molecule is Cc1cc(NC2CCC(N)C2)ncn1. The molecule has 1 heterocycles. The van der Waals surface area contributed by atoms with Crippen molar-refractivity contribution in [3.8, 4) is 0 Å². The maximum absolute atomic E-state index is 5.84. The van der Waals surface area contributed by atoms with Gasteiger partial charge in [-0.05, 0) is 26.2 Å². The fraction of sp³-hybridized carbons (Fsp3) is 0.600. The molecule has 4 nitrogen and oxygen atoms in total. The number of hydrogen-bond acceptors (Lipinski definition) is 4. The maximum Gasteiger partial charge on any atom is 0.129 e. The fourth-order valence-corrected chi connectivity index (χ4v) is 1.89. The molecule has 2 unspecified atom stereocenters. The second-order valence-electron chi connectivity index (χ2n) is 3.96. The molecule has 0 radical (unpaired) electrons. The van der Waals surface area contributed by atoms with Crippen molar-refractivity contribution in [1.29, 1.82) is 0 Å². The summed E-state index contributed by atoms with van der Waals surface area (Å²) in [4.78, 5) is 8.22. The van der Waals surface area contributed by atoms with E-state index in [1.165, 1.54) is 0 Å². The first-order valence-electron chi connectivity index (χ1n) is 5.05. The molecule has 14 heavy (non-hydrogen) atoms. The van der Waals surface area contributed by atoms with Crippen LogP contribution in [0.4, 0.5) is 5.82 Å². The normalized spacial score (nSPS) is 26.4. The standard InChI is InChI=1S/C10H16N4/c1-7-4-10(13-6-12-7)14-9-3-2-8(11)5-9/h4,6,8-9H,2-3,5,11H2,1H3,(H,12,13,14). The predicted molar refractivity (Wildman–Crippen MR) is 56.0 cm³/mol. The molecular formula is C10H16N4. The molecule has 2 atom stereocenters. The van der Waals surface area contributed by atoms with Crippen molar-refractivity contribution in [1.82, 2.24) is 9.97 Å². The van der Waals surface area contributed by atoms with E-state index >= 15 is 0 Å². The lowest BCUT2D eigenvalue weighted by Crippen LogP contribution is -2.21. The molecule has 1 aromatic rings. The molecule has 0 saturated heterocycles. The fourth-order valence-electron chi connectivity index (χ4n) is 1.89. The Morgan fingerprint density at radius 2 is 2.29 bits per heavy atom. The van der Waals surface area contributed by atoms with Gasteiger partial charge in [0.2, 0.25) is 0 Å². The van der Waals surface area contributed by atoms with Crippen LogP contribution in [0.25, 0.3) is 0 Å². The number of hydrogen-bond donors (Lipinski definition) is 2. The van der Waals surface area contributed by atoms with Gasteiger partial charge < -0.3 is 11.1 Å². The number of nitrogens with zero attached hydrogens (tertiary/aromatic N) is 2. The lowest BCUT2D eigenvalue weighted by atomic mass is 10.2. The summed E-state index contributed by atoms with van der Waals surface area (Å²) in [5.41, 5.74) is 6.83. The second-order valence-corrected chi connectivity index (χ2v) is 3.96. The molecule has 1 saturated carbocycles. The van der Waals surface area contributed by atoms with Crippen LogP contribution in [0.15, 0.2) is 12.4 Å². The van der Waals surface area contributed by atoms with Gasteiger partial charge in [0.15, 0.2) is 0 Å². The summed E-state index contributed by atoms with van der Waals surface area (Å²) in [7, 11) is 0. The van der Waals surface area contributed by atoms with Crippen molar-refractivity contribution in [2.24, 2.45) is 5.73 Å². The van der Waals surface area contributed by atoms with E-state index in [1.54, 1.807) is 6.33 Å². The Morgan fingerprint density at radius 1 is 1.43 bits per heavy atom. The Morgan fingerprint density at radius 3 is 2.93 bits per heavy atom. The first-order chi connectivity index (χ1) is 6.74. The summed E-state index contributed by atoms with van der Waals surface area (Å²) in [6.45, 7) is 1.97. The molecule has 0 aliphatic heterocycles. The second kappa shape index (κ2) is 3.92. The molecule has 0 bridgehead atoms. The molecule has 1 aromatic heterocycles. The molecule has 4 heteroatoms. The van der Waals surface area contributed by atoms with Gasteiger partial charge in [-0.1, -0.05) is 0 Å². The molecular weight excluding hydrogens is 176 g/mol. The number of aromatic nitrogens is 2. The topological polar surface area (TPSA) is 63.8 Å². The van der Waals surface area contributed by atoms with Crippen molar-refractivity contribution in [3.05, 3.63) is 18.1 Å². The van der Waals surface area contributed by atoms with Gasteiger partial charge in [-0.3, -0.25) is 0 Å². The Kier molecular flexibility index (Phi) is 2.63. The molecule has 1 aliphatic rings. The van der Waals surface area contributed by atoms with Crippen molar-refractivity contribution in [2.45, 2.75) is 38.3 Å². The lowest BCUT2D eigenvalue weighted by Gasteiger charge is -2.12. The lowest BCUT2D eigenvalue weighted by molar-refractivity contribution is 0.686. The number of aryl methyl sites for hydroxylation is 1. The van der Waals surface area contributed by atoms with E-state index in [4.69, 9.17) is 5.73 Å². The monoisotopic (exact) mass is 192 g/mol. The van der Waals surface area contributed by atoms with E-state index in [0.29, 0.717) is 12.1 Å². The Hall–Kier alpha value is -1.16. The summed E-state index contributed by atoms with van der Waals surface area (Å²) < 4.78 is 0. The minimum atomic E-state index is 0.357. The highest BCUT2D eigenvalue weighted by molar-refractivity contribution is 5.35. The smallest absolute Gasteiger partial charge is 0.129 e. The van der Waals surface area contributed by atoms with Crippen LogP contribution >= 0.6 is 0 Å². The average molecular weight is 192 g/mol. The van der Waals surface area contributed by atoms with Crippen LogP contribution < -0.4 is 11.1 Å². The zero-order valence-corrected chi connectivity index (χ0v) is 8.40. The molecule has 3 N–H and O–H groups in total. The minimum absolute atomic E-state index is 0.357. The van der Waals surface area contributed by atoms with Crippen LogP contribution in [-0.4, -0.2) is 22.1 Å². The van der Waals surface area contributed by atoms with Crippen molar-refractivity contribution >= 4 is 5.82 Å². The molecule has 1 fully saturated rings. The third kappa shape index (κ3) is 2.20. The first-order valence-corrected chi connectivity index (χ1v) is 5.05. The summed E-state index contributed by atoms with van der Waals surface area (Å²) in [5.74, 6) is 0.914. The number of nitrogens with two attached hydrogens (primary N) is 1. The number of anilines is 1. The van der Waals surface area contributed by atoms with Crippen molar-refractivity contribution < 1.29 is 0 Å². The number of rotatable bonds is 2. The molecule has 76 valence electrons. The van der Waals surface area contributed by atoms with E-state index in [1.807, 2.05) is 13.0 Å². The van der Waals surface area contributed by atoms with Gasteiger partial charge in [0.05, 0.1) is 0 Å². The third-order valence-corrected chi connectivity index (χ3v) is 2.63. The molecule has 0 aromatic carbocycles. The van der Waals surface area contributed by atoms with Gasteiger partial charge in [0.1, 0.15) is 12.1 Å². The van der Waals surface area contributed by atoms with Gasteiger partial charge in [-0.15, -0.1) is 0 Å². The number of nitrogens with one attached hydrogen (secondary N) is 1. The average Bonchev–Trinajstić information content (AvgIpc) is 2.51. The van der Waals surface area contributed by atoms with Gasteiger partial charge in [-0.25, -0.2) is 9.97 Å². The van der Waals surface area contributed by atoms with Gasteiger partial charge >= 0.3 is 0 Å². The van der Waals surface area contributed by atoms with Crippen LogP contribution in [0.5, 0.6) is 0 Å². The van der Waals surface area contributed by atoms with E-state index in [2.05, 4.69) is 15.3 Å². The molecule has 0 spiro atoms. The zero-order valence-electron chi connectivity index (χ0n) is 8.40. The van der Waals surface area contributed by atoms with E-state index in [0.717, 1.165) is 30.8 Å². The van der Waals surface area contributed by atoms with Crippen molar-refractivity contribution in [2.75, 3.05) is 5.32 Å². The quantitative estimate of drug-likeness (QED) is 0.736. The summed E-state index contributed by atoms with van der Waals surface area (Å²) in [6, 6.07) is 2.80. The zero-order chi connectivity index (χ0) is 9.97. The highest BCUT2D eigenvalue weighted by Gasteiger charge is 2.21.